The minimum absolute atomic E-state index is 0.317. The van der Waals surface area contributed by atoms with Gasteiger partial charge in [0.2, 0.25) is 0 Å². The van der Waals surface area contributed by atoms with Gasteiger partial charge >= 0.3 is 0 Å². The lowest BCUT2D eigenvalue weighted by Crippen LogP contribution is -2.16. The molecule has 2 rings (SSSR count). The van der Waals surface area contributed by atoms with Crippen LogP contribution in [0.2, 0.25) is 0 Å². The number of halogens is 2. The highest BCUT2D eigenvalue weighted by molar-refractivity contribution is 9.10. The van der Waals surface area contributed by atoms with E-state index in [0.29, 0.717) is 15.9 Å². The van der Waals surface area contributed by atoms with Gasteiger partial charge in [0.1, 0.15) is 11.6 Å². The fourth-order valence-corrected chi connectivity index (χ4v) is 1.78. The Morgan fingerprint density at radius 2 is 2.25 bits per heavy atom. The first-order valence-electron chi connectivity index (χ1n) is 4.77. The average Bonchev–Trinajstić information content (AvgIpc) is 2.67. The maximum Gasteiger partial charge on any atom is 0.137 e. The van der Waals surface area contributed by atoms with Crippen molar-refractivity contribution in [1.82, 2.24) is 9.55 Å². The minimum atomic E-state index is -0.414. The summed E-state index contributed by atoms with van der Waals surface area (Å²) in [5.74, 6) is 0.392. The van der Waals surface area contributed by atoms with Crippen LogP contribution >= 0.6 is 15.9 Å². The first kappa shape index (κ1) is 11.3. The highest BCUT2D eigenvalue weighted by Crippen LogP contribution is 2.22. The largest absolute Gasteiger partial charge is 0.336 e. The summed E-state index contributed by atoms with van der Waals surface area (Å²) in [6.45, 7) is 0. The summed E-state index contributed by atoms with van der Waals surface area (Å²) < 4.78 is 15.6. The highest BCUT2D eigenvalue weighted by atomic mass is 79.9. The molecule has 0 radical (unpaired) electrons. The summed E-state index contributed by atoms with van der Waals surface area (Å²) in [5.41, 5.74) is 6.72. The predicted molar refractivity (Wildman–Crippen MR) is 63.3 cm³/mol. The van der Waals surface area contributed by atoms with E-state index in [1.807, 2.05) is 17.8 Å². The standard InChI is InChI=1S/C11H11BrFN3/c1-16-5-4-15-11(16)10(14)7-2-3-8(12)9(13)6-7/h2-6,10H,14H2,1H3. The Kier molecular flexibility index (Phi) is 3.07. The van der Waals surface area contributed by atoms with Crippen LogP contribution in [0.3, 0.4) is 0 Å². The number of rotatable bonds is 2. The number of imidazole rings is 1. The molecule has 0 saturated carbocycles. The Balaban J connectivity index is 2.38. The lowest BCUT2D eigenvalue weighted by Gasteiger charge is -2.12. The molecule has 2 aromatic rings. The van der Waals surface area contributed by atoms with Crippen molar-refractivity contribution in [1.29, 1.82) is 0 Å². The van der Waals surface area contributed by atoms with Crippen LogP contribution in [0.4, 0.5) is 4.39 Å². The van der Waals surface area contributed by atoms with E-state index in [-0.39, 0.29) is 5.82 Å². The van der Waals surface area contributed by atoms with Crippen molar-refractivity contribution in [3.63, 3.8) is 0 Å². The second-order valence-electron chi connectivity index (χ2n) is 3.55. The Labute approximate surface area is 101 Å². The fraction of sp³-hybridized carbons (Fsp3) is 0.182. The maximum atomic E-state index is 13.4. The summed E-state index contributed by atoms with van der Waals surface area (Å²) in [6, 6.07) is 4.44. The van der Waals surface area contributed by atoms with Crippen molar-refractivity contribution in [2.45, 2.75) is 6.04 Å². The van der Waals surface area contributed by atoms with Gasteiger partial charge < -0.3 is 10.3 Å². The molecule has 1 unspecified atom stereocenters. The number of benzene rings is 1. The van der Waals surface area contributed by atoms with Gasteiger partial charge in [0.05, 0.1) is 10.5 Å². The molecule has 1 heterocycles. The van der Waals surface area contributed by atoms with Crippen molar-refractivity contribution >= 4 is 15.9 Å². The van der Waals surface area contributed by atoms with E-state index in [2.05, 4.69) is 20.9 Å². The lowest BCUT2D eigenvalue weighted by atomic mass is 10.1. The molecule has 0 aliphatic heterocycles. The first-order valence-corrected chi connectivity index (χ1v) is 5.56. The summed E-state index contributed by atoms with van der Waals surface area (Å²) in [5, 5.41) is 0. The second kappa shape index (κ2) is 4.35. The van der Waals surface area contributed by atoms with Crippen molar-refractivity contribution in [2.24, 2.45) is 12.8 Å². The molecule has 0 aliphatic rings. The Morgan fingerprint density at radius 1 is 1.50 bits per heavy atom. The molecule has 2 N–H and O–H groups in total. The van der Waals surface area contributed by atoms with Gasteiger partial charge in [-0.25, -0.2) is 9.37 Å². The van der Waals surface area contributed by atoms with Gasteiger partial charge in [-0.1, -0.05) is 6.07 Å². The van der Waals surface area contributed by atoms with Crippen molar-refractivity contribution in [3.8, 4) is 0 Å². The average molecular weight is 284 g/mol. The van der Waals surface area contributed by atoms with Gasteiger partial charge in [0, 0.05) is 19.4 Å². The zero-order valence-corrected chi connectivity index (χ0v) is 10.3. The van der Waals surface area contributed by atoms with E-state index in [4.69, 9.17) is 5.73 Å². The molecule has 84 valence electrons. The number of aryl methyl sites for hydroxylation is 1. The smallest absolute Gasteiger partial charge is 0.137 e. The van der Waals surface area contributed by atoms with Crippen molar-refractivity contribution < 1.29 is 4.39 Å². The molecule has 0 bridgehead atoms. The molecule has 16 heavy (non-hydrogen) atoms. The number of aromatic nitrogens is 2. The SMILES string of the molecule is Cn1ccnc1C(N)c1ccc(Br)c(F)c1. The predicted octanol–water partition coefficient (Wildman–Crippen LogP) is 2.37. The molecular weight excluding hydrogens is 273 g/mol. The molecule has 1 atom stereocenters. The Bertz CT molecular complexity index is 510. The van der Waals surface area contributed by atoms with E-state index in [1.165, 1.54) is 6.07 Å². The van der Waals surface area contributed by atoms with Crippen molar-refractivity contribution in [2.75, 3.05) is 0 Å². The molecule has 0 spiro atoms. The molecule has 0 aliphatic carbocycles. The van der Waals surface area contributed by atoms with E-state index in [1.54, 1.807) is 18.3 Å². The molecular formula is C11H11BrFN3. The van der Waals surface area contributed by atoms with Crippen LogP contribution in [0, 0.1) is 5.82 Å². The second-order valence-corrected chi connectivity index (χ2v) is 4.40. The summed E-state index contributed by atoms with van der Waals surface area (Å²) in [7, 11) is 1.86. The summed E-state index contributed by atoms with van der Waals surface area (Å²) >= 11 is 3.11. The molecule has 1 aromatic heterocycles. The van der Waals surface area contributed by atoms with Crippen molar-refractivity contribution in [3.05, 3.63) is 52.3 Å². The van der Waals surface area contributed by atoms with Gasteiger partial charge in [0.25, 0.3) is 0 Å². The number of hydrogen-bond donors (Lipinski definition) is 1. The van der Waals surface area contributed by atoms with Crippen LogP contribution in [-0.2, 0) is 7.05 Å². The molecule has 1 aromatic carbocycles. The van der Waals surface area contributed by atoms with Crippen LogP contribution < -0.4 is 5.73 Å². The van der Waals surface area contributed by atoms with Crippen LogP contribution in [-0.4, -0.2) is 9.55 Å². The van der Waals surface area contributed by atoms with Crippen LogP contribution in [0.15, 0.2) is 35.1 Å². The van der Waals surface area contributed by atoms with Gasteiger partial charge in [0.15, 0.2) is 0 Å². The molecule has 0 saturated heterocycles. The van der Waals surface area contributed by atoms with Gasteiger partial charge in [-0.2, -0.15) is 0 Å². The molecule has 0 fully saturated rings. The van der Waals surface area contributed by atoms with Gasteiger partial charge in [-0.3, -0.25) is 0 Å². The zero-order valence-electron chi connectivity index (χ0n) is 8.69. The molecule has 5 heteroatoms. The number of hydrogen-bond acceptors (Lipinski definition) is 2. The Morgan fingerprint density at radius 3 is 2.81 bits per heavy atom. The Hall–Kier alpha value is -1.20. The first-order chi connectivity index (χ1) is 7.59. The topological polar surface area (TPSA) is 43.8 Å². The summed E-state index contributed by atoms with van der Waals surface area (Å²) in [6.07, 6.45) is 3.48. The maximum absolute atomic E-state index is 13.4. The highest BCUT2D eigenvalue weighted by Gasteiger charge is 2.14. The third-order valence-corrected chi connectivity index (χ3v) is 3.08. The van der Waals surface area contributed by atoms with Crippen LogP contribution in [0.25, 0.3) is 0 Å². The molecule has 0 amide bonds. The molecule has 3 nitrogen and oxygen atoms in total. The van der Waals surface area contributed by atoms with Gasteiger partial charge in [-0.15, -0.1) is 0 Å². The normalized spacial score (nSPS) is 12.8. The third-order valence-electron chi connectivity index (χ3n) is 2.44. The fourth-order valence-electron chi connectivity index (χ4n) is 1.53. The summed E-state index contributed by atoms with van der Waals surface area (Å²) in [4.78, 5) is 4.15. The van der Waals surface area contributed by atoms with E-state index < -0.39 is 6.04 Å². The van der Waals surface area contributed by atoms with E-state index in [0.717, 1.165) is 0 Å². The van der Waals surface area contributed by atoms with Crippen LogP contribution in [0.1, 0.15) is 17.4 Å². The lowest BCUT2D eigenvalue weighted by molar-refractivity contribution is 0.614. The number of nitrogens with two attached hydrogens (primary N) is 1. The number of nitrogens with zero attached hydrogens (tertiary/aromatic N) is 2. The van der Waals surface area contributed by atoms with Crippen LogP contribution in [0.5, 0.6) is 0 Å². The quantitative estimate of drug-likeness (QED) is 0.920. The third kappa shape index (κ3) is 2.01. The zero-order chi connectivity index (χ0) is 11.7. The van der Waals surface area contributed by atoms with E-state index in [9.17, 15) is 4.39 Å². The van der Waals surface area contributed by atoms with Gasteiger partial charge in [-0.05, 0) is 33.6 Å². The van der Waals surface area contributed by atoms with E-state index >= 15 is 0 Å². The monoisotopic (exact) mass is 283 g/mol. The minimum Gasteiger partial charge on any atom is -0.336 e.